The Bertz CT molecular complexity index is 1540. The fourth-order valence-electron chi connectivity index (χ4n) is 4.24. The van der Waals surface area contributed by atoms with Gasteiger partial charge in [0.15, 0.2) is 5.88 Å². The molecule has 1 amide bonds. The van der Waals surface area contributed by atoms with Gasteiger partial charge < -0.3 is 10.1 Å². The van der Waals surface area contributed by atoms with Gasteiger partial charge in [0.05, 0.1) is 33.9 Å². The fraction of sp³-hybridized carbons (Fsp3) is 0. The first-order valence-electron chi connectivity index (χ1n) is 10.8. The van der Waals surface area contributed by atoms with E-state index in [9.17, 15) is 9.90 Å². The third-order valence-corrected chi connectivity index (χ3v) is 5.90. The number of H-pyrrole nitrogens is 1. The predicted molar refractivity (Wildman–Crippen MR) is 131 cm³/mol. The van der Waals surface area contributed by atoms with Gasteiger partial charge in [-0.05, 0) is 29.8 Å². The number of amides is 1. The minimum atomic E-state index is -0.376. The molecule has 2 aromatic carbocycles. The number of benzene rings is 2. The highest BCUT2D eigenvalue weighted by Gasteiger charge is 2.33. The number of carbonyl (C=O) groups excluding carboxylic acids is 1. The number of aliphatic imine (C=N–C) groups is 1. The maximum Gasteiger partial charge on any atom is 0.280 e. The van der Waals surface area contributed by atoms with Crippen LogP contribution in [0, 0.1) is 0 Å². The molecule has 0 atom stereocenters. The number of rotatable bonds is 4. The van der Waals surface area contributed by atoms with E-state index in [2.05, 4.69) is 19.9 Å². The summed E-state index contributed by atoms with van der Waals surface area (Å²) in [4.78, 5) is 28.9. The van der Waals surface area contributed by atoms with Crippen molar-refractivity contribution in [2.24, 2.45) is 4.99 Å². The summed E-state index contributed by atoms with van der Waals surface area (Å²) in [7, 11) is 0. The van der Waals surface area contributed by atoms with Crippen LogP contribution >= 0.6 is 0 Å². The Kier molecular flexibility index (Phi) is 4.63. The first kappa shape index (κ1) is 19.8. The molecule has 0 saturated carbocycles. The number of nitrogens with one attached hydrogen (secondary N) is 1. The quantitative estimate of drug-likeness (QED) is 0.384. The Hall–Kier alpha value is -4.84. The Morgan fingerprint density at radius 2 is 1.15 bits per heavy atom. The molecule has 0 aliphatic carbocycles. The SMILES string of the molecule is O=C1N=C(c2ccc(-c3ccccn3)cc2)c2c(O)[nH]c(-c3ccc(-c4ccccn4)cc3)c21. The van der Waals surface area contributed by atoms with E-state index in [-0.39, 0.29) is 11.8 Å². The molecule has 0 radical (unpaired) electrons. The Morgan fingerprint density at radius 1 is 0.618 bits per heavy atom. The molecule has 5 aromatic rings. The number of pyridine rings is 2. The molecule has 3 aromatic heterocycles. The topological polar surface area (TPSA) is 91.2 Å². The van der Waals surface area contributed by atoms with Crippen molar-refractivity contribution in [3.63, 3.8) is 0 Å². The maximum atomic E-state index is 12.9. The molecule has 6 heteroatoms. The average Bonchev–Trinajstić information content (AvgIpc) is 3.43. The largest absolute Gasteiger partial charge is 0.494 e. The van der Waals surface area contributed by atoms with Crippen molar-refractivity contribution in [3.8, 4) is 39.7 Å². The van der Waals surface area contributed by atoms with E-state index in [0.29, 0.717) is 22.5 Å². The minimum absolute atomic E-state index is 0.0720. The van der Waals surface area contributed by atoms with Crippen LogP contribution in [0.15, 0.2) is 102 Å². The van der Waals surface area contributed by atoms with Gasteiger partial charge in [0, 0.05) is 29.1 Å². The van der Waals surface area contributed by atoms with Crippen molar-refractivity contribution in [1.29, 1.82) is 0 Å². The van der Waals surface area contributed by atoms with Crippen molar-refractivity contribution < 1.29 is 9.90 Å². The average molecular weight is 442 g/mol. The summed E-state index contributed by atoms with van der Waals surface area (Å²) in [5.74, 6) is -0.448. The van der Waals surface area contributed by atoms with E-state index < -0.39 is 0 Å². The zero-order valence-electron chi connectivity index (χ0n) is 17.9. The van der Waals surface area contributed by atoms with Crippen LogP contribution in [0.2, 0.25) is 0 Å². The van der Waals surface area contributed by atoms with Gasteiger partial charge in [0.25, 0.3) is 5.91 Å². The number of fused-ring (bicyclic) bond motifs is 1. The molecule has 162 valence electrons. The molecule has 1 aliphatic heterocycles. The van der Waals surface area contributed by atoms with Crippen LogP contribution in [0.4, 0.5) is 0 Å². The van der Waals surface area contributed by atoms with Crippen LogP contribution in [-0.4, -0.2) is 31.7 Å². The minimum Gasteiger partial charge on any atom is -0.494 e. The molecule has 0 spiro atoms. The van der Waals surface area contributed by atoms with E-state index in [1.807, 2.05) is 84.9 Å². The predicted octanol–water partition coefficient (Wildman–Crippen LogP) is 5.50. The normalized spacial score (nSPS) is 12.5. The number of aromatic nitrogens is 3. The molecule has 6 nitrogen and oxygen atoms in total. The Balaban J connectivity index is 1.35. The molecule has 4 heterocycles. The lowest BCUT2D eigenvalue weighted by Crippen LogP contribution is -1.99. The Labute approximate surface area is 195 Å². The van der Waals surface area contributed by atoms with Crippen molar-refractivity contribution >= 4 is 11.6 Å². The molecular weight excluding hydrogens is 424 g/mol. The number of nitrogens with zero attached hydrogens (tertiary/aromatic N) is 3. The van der Waals surface area contributed by atoms with Crippen molar-refractivity contribution in [2.45, 2.75) is 0 Å². The summed E-state index contributed by atoms with van der Waals surface area (Å²) in [6, 6.07) is 26.8. The highest BCUT2D eigenvalue weighted by molar-refractivity contribution is 6.30. The van der Waals surface area contributed by atoms with Gasteiger partial charge in [-0.2, -0.15) is 0 Å². The summed E-state index contributed by atoms with van der Waals surface area (Å²) in [5.41, 5.74) is 7.00. The van der Waals surface area contributed by atoms with Crippen molar-refractivity contribution in [2.75, 3.05) is 0 Å². The van der Waals surface area contributed by atoms with Crippen LogP contribution < -0.4 is 0 Å². The first-order chi connectivity index (χ1) is 16.7. The monoisotopic (exact) mass is 442 g/mol. The summed E-state index contributed by atoms with van der Waals surface area (Å²) < 4.78 is 0. The van der Waals surface area contributed by atoms with Crippen LogP contribution in [0.5, 0.6) is 5.88 Å². The van der Waals surface area contributed by atoms with E-state index in [0.717, 1.165) is 33.6 Å². The Morgan fingerprint density at radius 3 is 1.68 bits per heavy atom. The summed E-state index contributed by atoms with van der Waals surface area (Å²) >= 11 is 0. The van der Waals surface area contributed by atoms with E-state index in [1.54, 1.807) is 12.4 Å². The van der Waals surface area contributed by atoms with Crippen molar-refractivity contribution in [1.82, 2.24) is 15.0 Å². The molecule has 0 fully saturated rings. The lowest BCUT2D eigenvalue weighted by Gasteiger charge is -2.04. The fourth-order valence-corrected chi connectivity index (χ4v) is 4.24. The maximum absolute atomic E-state index is 12.9. The summed E-state index contributed by atoms with van der Waals surface area (Å²) in [6.07, 6.45) is 3.50. The highest BCUT2D eigenvalue weighted by atomic mass is 16.3. The molecule has 1 aliphatic rings. The molecule has 0 unspecified atom stereocenters. The van der Waals surface area contributed by atoms with E-state index in [1.165, 1.54) is 0 Å². The third-order valence-electron chi connectivity index (χ3n) is 5.90. The van der Waals surface area contributed by atoms with Crippen LogP contribution in [-0.2, 0) is 0 Å². The molecule has 6 rings (SSSR count). The first-order valence-corrected chi connectivity index (χ1v) is 10.8. The van der Waals surface area contributed by atoms with Crippen LogP contribution in [0.3, 0.4) is 0 Å². The van der Waals surface area contributed by atoms with E-state index >= 15 is 0 Å². The number of carbonyl (C=O) groups is 1. The van der Waals surface area contributed by atoms with Gasteiger partial charge in [0.2, 0.25) is 0 Å². The number of hydrogen-bond acceptors (Lipinski definition) is 4. The molecular formula is C28H18N4O2. The van der Waals surface area contributed by atoms with Crippen LogP contribution in [0.25, 0.3) is 33.8 Å². The van der Waals surface area contributed by atoms with Crippen LogP contribution in [0.1, 0.15) is 21.5 Å². The van der Waals surface area contributed by atoms with Gasteiger partial charge in [-0.25, -0.2) is 4.99 Å². The third kappa shape index (κ3) is 3.29. The number of aromatic amines is 1. The van der Waals surface area contributed by atoms with Gasteiger partial charge in [-0.1, -0.05) is 60.7 Å². The lowest BCUT2D eigenvalue weighted by molar-refractivity contribution is 0.101. The number of hydrogen-bond donors (Lipinski definition) is 2. The standard InChI is InChI=1S/C28H18N4O2/c33-27-23-24(26(32-27)20-13-9-18(10-14-20)22-6-2-4-16-30-22)28(34)31-25(23)19-11-7-17(8-12-19)21-5-1-3-15-29-21/h1-16,31,34H. The second-order valence-corrected chi connectivity index (χ2v) is 7.95. The number of aromatic hydroxyl groups is 1. The zero-order valence-corrected chi connectivity index (χ0v) is 17.9. The highest BCUT2D eigenvalue weighted by Crippen LogP contribution is 2.38. The van der Waals surface area contributed by atoms with Gasteiger partial charge in [-0.15, -0.1) is 0 Å². The second-order valence-electron chi connectivity index (χ2n) is 7.95. The van der Waals surface area contributed by atoms with Gasteiger partial charge >= 0.3 is 0 Å². The van der Waals surface area contributed by atoms with Crippen molar-refractivity contribution in [3.05, 3.63) is 114 Å². The molecule has 0 bridgehead atoms. The summed E-state index contributed by atoms with van der Waals surface area (Å²) in [6.45, 7) is 0. The zero-order chi connectivity index (χ0) is 23.1. The van der Waals surface area contributed by atoms with Gasteiger partial charge in [0.1, 0.15) is 0 Å². The van der Waals surface area contributed by atoms with E-state index in [4.69, 9.17) is 0 Å². The molecule has 2 N–H and O–H groups in total. The smallest absolute Gasteiger partial charge is 0.280 e. The summed E-state index contributed by atoms with van der Waals surface area (Å²) in [5, 5.41) is 10.7. The lowest BCUT2D eigenvalue weighted by atomic mass is 9.98. The van der Waals surface area contributed by atoms with Gasteiger partial charge in [-0.3, -0.25) is 14.8 Å². The molecule has 34 heavy (non-hydrogen) atoms. The molecule has 0 saturated heterocycles. The second kappa shape index (κ2) is 7.94.